The summed E-state index contributed by atoms with van der Waals surface area (Å²) in [5, 5.41) is 2.83. The van der Waals surface area contributed by atoms with Crippen LogP contribution in [-0.2, 0) is 44.7 Å². The van der Waals surface area contributed by atoms with Gasteiger partial charge < -0.3 is 52.9 Å². The van der Waals surface area contributed by atoms with Crippen molar-refractivity contribution >= 4 is 57.9 Å². The van der Waals surface area contributed by atoms with E-state index >= 15 is 0 Å². The van der Waals surface area contributed by atoms with Crippen molar-refractivity contribution in [1.82, 2.24) is 10.3 Å². The molecule has 0 radical (unpaired) electrons. The summed E-state index contributed by atoms with van der Waals surface area (Å²) in [5.41, 5.74) is 3.72. The predicted octanol–water partition coefficient (Wildman–Crippen LogP) is 3.36. The molecule has 322 valence electrons. The number of rotatable bonds is 19. The summed E-state index contributed by atoms with van der Waals surface area (Å²) in [6.45, 7) is 0.503. The first-order valence-corrected chi connectivity index (χ1v) is 18.8. The van der Waals surface area contributed by atoms with Crippen LogP contribution in [0.15, 0.2) is 75.9 Å². The second-order valence-electron chi connectivity index (χ2n) is 13.7. The number of carbonyl (C=O) groups is 5. The molecule has 61 heavy (non-hydrogen) atoms. The molecule has 18 nitrogen and oxygen atoms in total. The Morgan fingerprint density at radius 2 is 1.21 bits per heavy atom. The van der Waals surface area contributed by atoms with Gasteiger partial charge in [0, 0.05) is 44.5 Å². The van der Waals surface area contributed by atoms with Crippen LogP contribution in [0.3, 0.4) is 0 Å². The molecule has 5 rings (SSSR count). The number of nitrogens with zero attached hydrogens (tertiary/aromatic N) is 4. The van der Waals surface area contributed by atoms with Crippen LogP contribution < -0.4 is 34.9 Å². The zero-order chi connectivity index (χ0) is 44.2. The molecule has 1 aliphatic carbocycles. The molecule has 0 aromatic heterocycles. The second kappa shape index (κ2) is 20.5. The van der Waals surface area contributed by atoms with Gasteiger partial charge in [-0.2, -0.15) is 0 Å². The number of nitrogens with one attached hydrogen (secondary N) is 1. The predicted molar refractivity (Wildman–Crippen MR) is 223 cm³/mol. The molecule has 0 saturated heterocycles. The lowest BCUT2D eigenvalue weighted by Crippen LogP contribution is -2.36. The van der Waals surface area contributed by atoms with Crippen molar-refractivity contribution in [2.45, 2.75) is 13.5 Å². The van der Waals surface area contributed by atoms with Gasteiger partial charge in [-0.05, 0) is 54.4 Å². The Kier molecular flexibility index (Phi) is 15.1. The van der Waals surface area contributed by atoms with Crippen molar-refractivity contribution in [2.24, 2.45) is 0 Å². The van der Waals surface area contributed by atoms with Crippen LogP contribution in [0, 0.1) is 6.92 Å². The number of methoxy groups -OCH3 is 4. The second-order valence-corrected chi connectivity index (χ2v) is 13.7. The number of carbonyl (C=O) groups excluding carboxylic acids is 5. The first kappa shape index (κ1) is 44.7. The molecule has 3 aromatic carbocycles. The molecule has 0 bridgehead atoms. The van der Waals surface area contributed by atoms with Crippen molar-refractivity contribution < 1.29 is 56.8 Å². The third-order valence-electron chi connectivity index (χ3n) is 9.27. The minimum atomic E-state index is -0.635. The summed E-state index contributed by atoms with van der Waals surface area (Å²) in [7, 11) is 8.68. The molecular formula is C43H47N5O13. The van der Waals surface area contributed by atoms with Crippen LogP contribution in [0.25, 0.3) is 22.6 Å². The molecule has 1 N–H and O–H groups in total. The van der Waals surface area contributed by atoms with Crippen molar-refractivity contribution in [1.29, 1.82) is 0 Å². The Labute approximate surface area is 351 Å². The normalized spacial score (nSPS) is 10.7. The zero-order valence-electron chi connectivity index (χ0n) is 34.9. The highest BCUT2D eigenvalue weighted by Crippen LogP contribution is 2.33. The number of aromatic nitrogens is 1. The van der Waals surface area contributed by atoms with Crippen LogP contribution in [0.2, 0.25) is 0 Å². The van der Waals surface area contributed by atoms with E-state index in [9.17, 15) is 28.8 Å². The molecule has 0 saturated carbocycles. The Morgan fingerprint density at radius 3 is 1.75 bits per heavy atom. The molecule has 0 fully saturated rings. The van der Waals surface area contributed by atoms with Crippen molar-refractivity contribution in [3.63, 3.8) is 0 Å². The number of hydrogen-bond donors (Lipinski definition) is 1. The fourth-order valence-corrected chi connectivity index (χ4v) is 6.10. The van der Waals surface area contributed by atoms with Gasteiger partial charge in [-0.15, -0.1) is 0 Å². The van der Waals surface area contributed by atoms with Gasteiger partial charge in [-0.3, -0.25) is 28.8 Å². The Balaban J connectivity index is 1.41. The molecule has 1 amide bonds. The van der Waals surface area contributed by atoms with Gasteiger partial charge in [-0.1, -0.05) is 12.1 Å². The molecule has 3 aromatic rings. The van der Waals surface area contributed by atoms with Crippen LogP contribution >= 0.6 is 0 Å². The maximum absolute atomic E-state index is 13.7. The minimum absolute atomic E-state index is 0.0182. The number of fused-ring (bicyclic) bond motifs is 2. The molecule has 2 aliphatic rings. The fraction of sp³-hybridized carbons (Fsp3) is 0.326. The van der Waals surface area contributed by atoms with Gasteiger partial charge >= 0.3 is 23.9 Å². The maximum Gasteiger partial charge on any atom is 0.325 e. The lowest BCUT2D eigenvalue weighted by Gasteiger charge is -2.26. The molecular weight excluding hydrogens is 794 g/mol. The maximum atomic E-state index is 13.7. The lowest BCUT2D eigenvalue weighted by atomic mass is 10.1. The number of aryl methyl sites for hydroxylation is 1. The first-order chi connectivity index (χ1) is 29.2. The molecule has 1 heterocycles. The summed E-state index contributed by atoms with van der Waals surface area (Å²) < 4.78 is 37.8. The van der Waals surface area contributed by atoms with Gasteiger partial charge in [0.15, 0.2) is 16.8 Å². The van der Waals surface area contributed by atoms with Crippen LogP contribution in [0.4, 0.5) is 17.1 Å². The van der Waals surface area contributed by atoms with Gasteiger partial charge in [-0.25, -0.2) is 4.98 Å². The van der Waals surface area contributed by atoms with Crippen LogP contribution in [0.5, 0.6) is 11.5 Å². The summed E-state index contributed by atoms with van der Waals surface area (Å²) in [6.07, 6.45) is 0. The van der Waals surface area contributed by atoms with E-state index < -0.39 is 35.2 Å². The monoisotopic (exact) mass is 841 g/mol. The first-order valence-electron chi connectivity index (χ1n) is 18.8. The van der Waals surface area contributed by atoms with E-state index in [0.29, 0.717) is 33.8 Å². The molecule has 1 aliphatic heterocycles. The van der Waals surface area contributed by atoms with E-state index in [0.717, 1.165) is 11.3 Å². The largest absolute Gasteiger partial charge is 0.488 e. The quantitative estimate of drug-likeness (QED) is 0.0548. The van der Waals surface area contributed by atoms with Gasteiger partial charge in [0.25, 0.3) is 5.91 Å². The van der Waals surface area contributed by atoms with Gasteiger partial charge in [0.05, 0.1) is 45.4 Å². The van der Waals surface area contributed by atoms with E-state index in [4.69, 9.17) is 32.8 Å². The highest BCUT2D eigenvalue weighted by atomic mass is 16.5. The van der Waals surface area contributed by atoms with Gasteiger partial charge in [0.2, 0.25) is 0 Å². The number of benzene rings is 4. The van der Waals surface area contributed by atoms with E-state index in [1.54, 1.807) is 48.5 Å². The average molecular weight is 842 g/mol. The van der Waals surface area contributed by atoms with Gasteiger partial charge in [0.1, 0.15) is 62.1 Å². The summed E-state index contributed by atoms with van der Waals surface area (Å²) >= 11 is 0. The highest BCUT2D eigenvalue weighted by Gasteiger charge is 2.24. The smallest absolute Gasteiger partial charge is 0.325 e. The number of esters is 4. The van der Waals surface area contributed by atoms with Crippen molar-refractivity contribution in [3.05, 3.63) is 93.6 Å². The molecule has 0 spiro atoms. The van der Waals surface area contributed by atoms with E-state index in [2.05, 4.69) is 10.3 Å². The van der Waals surface area contributed by atoms with Crippen LogP contribution in [-0.4, -0.2) is 117 Å². The summed E-state index contributed by atoms with van der Waals surface area (Å²) in [6, 6.07) is 18.0. The number of anilines is 3. The standard InChI is InChI=1S/C43H47N5O13/c1-26-8-12-32(47(22-38(50)55-4)23-39(51)56-5)35(16-26)59-14-15-60-36-17-27(9-13-33(36)48(24-40(52)57-6)25-41(53)58-7)21-44-43(54)30-19-29(49)20-37-42(30)45-31-11-10-28(46(2)3)18-34(31)61-37/h8-13,16-20H,14-15,21-25H2,1-7H3,(H,44,54). The van der Waals surface area contributed by atoms with E-state index in [1.807, 2.05) is 32.0 Å². The summed E-state index contributed by atoms with van der Waals surface area (Å²) in [4.78, 5) is 85.3. The molecule has 0 unspecified atom stereocenters. The van der Waals surface area contributed by atoms with E-state index in [-0.39, 0.29) is 68.7 Å². The fourth-order valence-electron chi connectivity index (χ4n) is 6.10. The average Bonchev–Trinajstić information content (AvgIpc) is 3.25. The zero-order valence-corrected chi connectivity index (χ0v) is 34.9. The Bertz CT molecular complexity index is 2400. The SMILES string of the molecule is COC(=O)CN(CC(=O)OC)c1ccc(C)cc1OCCOc1cc(CNC(=O)c2cc(=O)cc3oc4cc(N(C)C)ccc4nc2-3)ccc1N(CC(=O)OC)CC(=O)OC. The highest BCUT2D eigenvalue weighted by molar-refractivity contribution is 6.00. The minimum Gasteiger partial charge on any atom is -0.488 e. The molecule has 0 atom stereocenters. The summed E-state index contributed by atoms with van der Waals surface area (Å²) in [5.74, 6) is -2.33. The third-order valence-corrected chi connectivity index (χ3v) is 9.27. The van der Waals surface area contributed by atoms with Crippen molar-refractivity contribution in [2.75, 3.05) is 96.6 Å². The Morgan fingerprint density at radius 1 is 0.672 bits per heavy atom. The topological polar surface area (TPSA) is 206 Å². The third kappa shape index (κ3) is 11.6. The number of amides is 1. The lowest BCUT2D eigenvalue weighted by molar-refractivity contribution is -0.141. The Hall–Kier alpha value is -7.37. The van der Waals surface area contributed by atoms with Crippen molar-refractivity contribution in [3.8, 4) is 23.0 Å². The number of ether oxygens (including phenoxy) is 6. The van der Waals surface area contributed by atoms with E-state index in [1.165, 1.54) is 50.4 Å². The van der Waals surface area contributed by atoms with Crippen LogP contribution in [0.1, 0.15) is 21.5 Å². The number of hydrogen-bond acceptors (Lipinski definition) is 17. The molecule has 18 heteroatoms.